The van der Waals surface area contributed by atoms with Crippen molar-refractivity contribution < 1.29 is 32.2 Å². The zero-order valence-electron chi connectivity index (χ0n) is 12.9. The first-order valence-corrected chi connectivity index (χ1v) is 7.99. The number of thioether (sulfide) groups is 1. The van der Waals surface area contributed by atoms with E-state index in [1.165, 1.54) is 36.4 Å². The van der Waals surface area contributed by atoms with Gasteiger partial charge in [0.05, 0.1) is 0 Å². The zero-order chi connectivity index (χ0) is 18.7. The Labute approximate surface area is 149 Å². The molecule has 0 spiro atoms. The third kappa shape index (κ3) is 4.60. The lowest BCUT2D eigenvalue weighted by atomic mass is 10.2. The summed E-state index contributed by atoms with van der Waals surface area (Å²) in [4.78, 5) is 23.9. The zero-order valence-corrected chi connectivity index (χ0v) is 13.7. The maximum Gasteiger partial charge on any atom is 0.446 e. The largest absolute Gasteiger partial charge is 0.454 e. The molecule has 0 saturated heterocycles. The Hall–Kier alpha value is -2.88. The fourth-order valence-corrected chi connectivity index (χ4v) is 2.75. The van der Waals surface area contributed by atoms with Crippen LogP contribution in [0.1, 0.15) is 10.4 Å². The van der Waals surface area contributed by atoms with Gasteiger partial charge in [0, 0.05) is 16.1 Å². The number of benzene rings is 2. The number of imide groups is 1. The van der Waals surface area contributed by atoms with Gasteiger partial charge >= 0.3 is 11.5 Å². The molecule has 1 aliphatic rings. The van der Waals surface area contributed by atoms with Crippen LogP contribution >= 0.6 is 11.8 Å². The molecule has 136 valence electrons. The number of ether oxygens (including phenoxy) is 2. The molecule has 6 nitrogen and oxygen atoms in total. The van der Waals surface area contributed by atoms with Crippen LogP contribution in [0.3, 0.4) is 0 Å². The molecule has 0 saturated carbocycles. The average molecular weight is 384 g/mol. The second kappa shape index (κ2) is 7.16. The lowest BCUT2D eigenvalue weighted by molar-refractivity contribution is -0.0328. The van der Waals surface area contributed by atoms with Crippen molar-refractivity contribution in [3.05, 3.63) is 48.0 Å². The normalized spacial score (nSPS) is 12.6. The highest BCUT2D eigenvalue weighted by atomic mass is 32.2. The van der Waals surface area contributed by atoms with Crippen LogP contribution in [0.15, 0.2) is 47.4 Å². The Morgan fingerprint density at radius 2 is 1.81 bits per heavy atom. The highest BCUT2D eigenvalue weighted by Crippen LogP contribution is 2.37. The summed E-state index contributed by atoms with van der Waals surface area (Å²) in [5.41, 5.74) is -4.14. The van der Waals surface area contributed by atoms with E-state index in [1.807, 2.05) is 0 Å². The summed E-state index contributed by atoms with van der Waals surface area (Å²) in [7, 11) is 0. The van der Waals surface area contributed by atoms with Crippen molar-refractivity contribution in [3.8, 4) is 11.5 Å². The molecular formula is C16H11F3N2O4S. The number of fused-ring (bicyclic) bond motifs is 1. The van der Waals surface area contributed by atoms with E-state index in [2.05, 4.69) is 10.6 Å². The number of rotatable bonds is 3. The Kier molecular flexibility index (Phi) is 4.94. The average Bonchev–Trinajstić information content (AvgIpc) is 3.00. The fourth-order valence-electron chi connectivity index (χ4n) is 2.15. The molecule has 0 aromatic heterocycles. The van der Waals surface area contributed by atoms with Gasteiger partial charge in [0.15, 0.2) is 11.5 Å². The van der Waals surface area contributed by atoms with Crippen molar-refractivity contribution in [2.75, 3.05) is 12.1 Å². The molecule has 0 radical (unpaired) electrons. The lowest BCUT2D eigenvalue weighted by Gasteiger charge is -2.09. The van der Waals surface area contributed by atoms with Crippen molar-refractivity contribution in [3.63, 3.8) is 0 Å². The molecule has 3 amide bonds. The van der Waals surface area contributed by atoms with Gasteiger partial charge in [0.2, 0.25) is 6.79 Å². The van der Waals surface area contributed by atoms with Crippen molar-refractivity contribution in [1.82, 2.24) is 5.32 Å². The molecule has 10 heteroatoms. The summed E-state index contributed by atoms with van der Waals surface area (Å²) >= 11 is -0.300. The minimum absolute atomic E-state index is 0.0488. The Morgan fingerprint density at radius 3 is 2.58 bits per heavy atom. The minimum Gasteiger partial charge on any atom is -0.454 e. The van der Waals surface area contributed by atoms with Gasteiger partial charge in [-0.25, -0.2) is 4.79 Å². The summed E-state index contributed by atoms with van der Waals surface area (Å²) in [5, 5.41) is 4.40. The van der Waals surface area contributed by atoms with Gasteiger partial charge in [0.1, 0.15) is 0 Å². The van der Waals surface area contributed by atoms with E-state index in [1.54, 1.807) is 0 Å². The number of carbonyl (C=O) groups excluding carboxylic acids is 2. The topological polar surface area (TPSA) is 76.7 Å². The standard InChI is InChI=1S/C16H11F3N2O4S/c17-16(18,19)26-11-3-1-2-10(7-11)20-15(23)21-14(22)9-4-5-12-13(6-9)25-8-24-12/h1-7H,8H2,(H2,20,21,22,23). The van der Waals surface area contributed by atoms with Crippen LogP contribution < -0.4 is 20.1 Å². The van der Waals surface area contributed by atoms with Crippen LogP contribution in [0, 0.1) is 0 Å². The van der Waals surface area contributed by atoms with Crippen molar-refractivity contribution in [2.45, 2.75) is 10.4 Å². The van der Waals surface area contributed by atoms with Crippen molar-refractivity contribution >= 4 is 29.4 Å². The number of amides is 3. The Morgan fingerprint density at radius 1 is 1.04 bits per heavy atom. The second-order valence-corrected chi connectivity index (χ2v) is 6.19. The molecule has 0 unspecified atom stereocenters. The summed E-state index contributed by atoms with van der Waals surface area (Å²) in [5.74, 6) is 0.182. The Balaban J connectivity index is 1.62. The summed E-state index contributed by atoms with van der Waals surface area (Å²) < 4.78 is 47.4. The van der Waals surface area contributed by atoms with Gasteiger partial charge in [-0.15, -0.1) is 0 Å². The predicted octanol–water partition coefficient (Wildman–Crippen LogP) is 3.99. The molecule has 0 bridgehead atoms. The first kappa shape index (κ1) is 17.9. The van der Waals surface area contributed by atoms with Gasteiger partial charge in [-0.1, -0.05) is 6.07 Å². The molecule has 26 heavy (non-hydrogen) atoms. The number of nitrogens with one attached hydrogen (secondary N) is 2. The number of hydrogen-bond acceptors (Lipinski definition) is 5. The van der Waals surface area contributed by atoms with E-state index in [0.29, 0.717) is 11.5 Å². The highest BCUT2D eigenvalue weighted by molar-refractivity contribution is 8.00. The quantitative estimate of drug-likeness (QED) is 0.783. The van der Waals surface area contributed by atoms with E-state index in [9.17, 15) is 22.8 Å². The van der Waals surface area contributed by atoms with E-state index >= 15 is 0 Å². The van der Waals surface area contributed by atoms with Crippen LogP contribution in [-0.4, -0.2) is 24.2 Å². The lowest BCUT2D eigenvalue weighted by Crippen LogP contribution is -2.34. The third-order valence-corrected chi connectivity index (χ3v) is 3.91. The molecule has 1 heterocycles. The van der Waals surface area contributed by atoms with Gasteiger partial charge in [0.25, 0.3) is 5.91 Å². The predicted molar refractivity (Wildman–Crippen MR) is 87.4 cm³/mol. The van der Waals surface area contributed by atoms with Gasteiger partial charge in [-0.05, 0) is 48.2 Å². The SMILES string of the molecule is O=C(NC(=O)c1ccc2c(c1)OCO2)Nc1cccc(SC(F)(F)F)c1. The Bertz CT molecular complexity index is 858. The fraction of sp³-hybridized carbons (Fsp3) is 0.125. The monoisotopic (exact) mass is 384 g/mol. The molecule has 0 aliphatic carbocycles. The highest BCUT2D eigenvalue weighted by Gasteiger charge is 2.29. The van der Waals surface area contributed by atoms with Gasteiger partial charge in [-0.3, -0.25) is 10.1 Å². The van der Waals surface area contributed by atoms with Gasteiger partial charge in [-0.2, -0.15) is 13.2 Å². The number of urea groups is 1. The van der Waals surface area contributed by atoms with E-state index in [-0.39, 0.29) is 34.7 Å². The van der Waals surface area contributed by atoms with E-state index in [4.69, 9.17) is 9.47 Å². The number of alkyl halides is 3. The maximum absolute atomic E-state index is 12.4. The van der Waals surface area contributed by atoms with E-state index < -0.39 is 17.4 Å². The maximum atomic E-state index is 12.4. The van der Waals surface area contributed by atoms with Crippen molar-refractivity contribution in [1.29, 1.82) is 0 Å². The summed E-state index contributed by atoms with van der Waals surface area (Å²) in [6.45, 7) is 0.0488. The minimum atomic E-state index is -4.43. The molecule has 2 N–H and O–H groups in total. The van der Waals surface area contributed by atoms with Crippen molar-refractivity contribution in [2.24, 2.45) is 0 Å². The van der Waals surface area contributed by atoms with Gasteiger partial charge < -0.3 is 14.8 Å². The first-order chi connectivity index (χ1) is 12.3. The molecule has 1 aliphatic heterocycles. The summed E-state index contributed by atoms with van der Waals surface area (Å²) in [6, 6.07) is 8.73. The molecule has 0 fully saturated rings. The summed E-state index contributed by atoms with van der Waals surface area (Å²) in [6.07, 6.45) is 0. The van der Waals surface area contributed by atoms with Crippen LogP contribution in [0.5, 0.6) is 11.5 Å². The molecular weight excluding hydrogens is 373 g/mol. The molecule has 3 rings (SSSR count). The third-order valence-electron chi connectivity index (χ3n) is 3.19. The van der Waals surface area contributed by atoms with E-state index in [0.717, 1.165) is 6.07 Å². The number of carbonyl (C=O) groups is 2. The molecule has 0 atom stereocenters. The van der Waals surface area contributed by atoms with Crippen LogP contribution in [-0.2, 0) is 0 Å². The molecule has 2 aromatic rings. The first-order valence-electron chi connectivity index (χ1n) is 7.18. The van der Waals surface area contributed by atoms with Crippen LogP contribution in [0.2, 0.25) is 0 Å². The number of anilines is 1. The number of halogens is 3. The second-order valence-electron chi connectivity index (χ2n) is 5.05. The smallest absolute Gasteiger partial charge is 0.446 e. The molecule has 2 aromatic carbocycles. The van der Waals surface area contributed by atoms with Crippen LogP contribution in [0.4, 0.5) is 23.7 Å². The van der Waals surface area contributed by atoms with Crippen LogP contribution in [0.25, 0.3) is 0 Å². The number of hydrogen-bond donors (Lipinski definition) is 2.